The van der Waals surface area contributed by atoms with Crippen LogP contribution in [0.15, 0.2) is 0 Å². The van der Waals surface area contributed by atoms with E-state index in [0.29, 0.717) is 13.3 Å². The van der Waals surface area contributed by atoms with E-state index >= 15 is 0 Å². The average molecular weight is 160 g/mol. The molecular weight excluding hydrogens is 148 g/mol. The van der Waals surface area contributed by atoms with E-state index in [9.17, 15) is 10.1 Å². The molecule has 0 bridgehead atoms. The molecule has 0 aromatic heterocycles. The fraction of sp³-hybridized carbons (Fsp3) is 1.00. The maximum absolute atomic E-state index is 10.3. The summed E-state index contributed by atoms with van der Waals surface area (Å²) in [5.41, 5.74) is 0. The van der Waals surface area contributed by atoms with E-state index in [1.54, 1.807) is 0 Å². The van der Waals surface area contributed by atoms with Gasteiger partial charge in [0.05, 0.1) is 13.3 Å². The fourth-order valence-electron chi connectivity index (χ4n) is 1.07. The van der Waals surface area contributed by atoms with Gasteiger partial charge in [0.1, 0.15) is 6.61 Å². The summed E-state index contributed by atoms with van der Waals surface area (Å²) in [7, 11) is 0. The molecule has 1 saturated heterocycles. The summed E-state index contributed by atoms with van der Waals surface area (Å²) >= 11 is 0. The number of ether oxygens (including phenoxy) is 1. The van der Waals surface area contributed by atoms with E-state index in [2.05, 4.69) is 0 Å². The molecule has 64 valence electrons. The zero-order valence-corrected chi connectivity index (χ0v) is 6.52. The SMILES string of the molecule is CCN1COCC([N+](=O)[O-])C1. The zero-order valence-electron chi connectivity index (χ0n) is 6.52. The van der Waals surface area contributed by atoms with Crippen LogP contribution >= 0.6 is 0 Å². The lowest BCUT2D eigenvalue weighted by Crippen LogP contribution is -2.45. The molecule has 1 rings (SSSR count). The van der Waals surface area contributed by atoms with Crippen molar-refractivity contribution in [3.63, 3.8) is 0 Å². The number of likely N-dealkylation sites (N-methyl/N-ethyl adjacent to an activating group) is 1. The summed E-state index contributed by atoms with van der Waals surface area (Å²) in [4.78, 5) is 12.0. The molecular formula is C6H12N2O3. The van der Waals surface area contributed by atoms with Crippen LogP contribution in [0.25, 0.3) is 0 Å². The van der Waals surface area contributed by atoms with Crippen LogP contribution in [0.2, 0.25) is 0 Å². The highest BCUT2D eigenvalue weighted by Gasteiger charge is 2.27. The van der Waals surface area contributed by atoms with E-state index in [4.69, 9.17) is 4.74 Å². The largest absolute Gasteiger partial charge is 0.359 e. The van der Waals surface area contributed by atoms with Crippen LogP contribution in [0.4, 0.5) is 0 Å². The first-order valence-electron chi connectivity index (χ1n) is 3.67. The molecule has 0 aromatic rings. The third-order valence-corrected chi connectivity index (χ3v) is 1.80. The van der Waals surface area contributed by atoms with Crippen molar-refractivity contribution in [2.24, 2.45) is 0 Å². The molecule has 0 aliphatic carbocycles. The third-order valence-electron chi connectivity index (χ3n) is 1.80. The Kier molecular flexibility index (Phi) is 2.78. The molecule has 1 heterocycles. The summed E-state index contributed by atoms with van der Waals surface area (Å²) < 4.78 is 5.03. The van der Waals surface area contributed by atoms with E-state index in [1.807, 2.05) is 11.8 Å². The Balaban J connectivity index is 2.39. The highest BCUT2D eigenvalue weighted by Crippen LogP contribution is 2.03. The zero-order chi connectivity index (χ0) is 8.27. The van der Waals surface area contributed by atoms with Crippen LogP contribution in [0.1, 0.15) is 6.92 Å². The monoisotopic (exact) mass is 160 g/mol. The summed E-state index contributed by atoms with van der Waals surface area (Å²) in [5.74, 6) is 0. The molecule has 0 spiro atoms. The highest BCUT2D eigenvalue weighted by molar-refractivity contribution is 4.65. The molecule has 1 aliphatic heterocycles. The first kappa shape index (κ1) is 8.42. The van der Waals surface area contributed by atoms with Crippen molar-refractivity contribution in [2.45, 2.75) is 13.0 Å². The van der Waals surface area contributed by atoms with Crippen molar-refractivity contribution in [1.29, 1.82) is 0 Å². The Morgan fingerprint density at radius 1 is 1.82 bits per heavy atom. The van der Waals surface area contributed by atoms with Crippen molar-refractivity contribution in [3.8, 4) is 0 Å². The average Bonchev–Trinajstić information content (AvgIpc) is 2.05. The second-order valence-corrected chi connectivity index (χ2v) is 2.61. The Labute approximate surface area is 65.1 Å². The maximum atomic E-state index is 10.3. The summed E-state index contributed by atoms with van der Waals surface area (Å²) in [5, 5.41) is 10.3. The van der Waals surface area contributed by atoms with Crippen molar-refractivity contribution < 1.29 is 9.66 Å². The first-order chi connectivity index (χ1) is 5.24. The minimum Gasteiger partial charge on any atom is -0.359 e. The minimum atomic E-state index is -0.538. The fourth-order valence-corrected chi connectivity index (χ4v) is 1.07. The molecule has 0 amide bonds. The Bertz CT molecular complexity index is 151. The number of rotatable bonds is 2. The van der Waals surface area contributed by atoms with Gasteiger partial charge in [-0.05, 0) is 6.54 Å². The molecule has 1 atom stereocenters. The molecule has 0 aromatic carbocycles. The van der Waals surface area contributed by atoms with Gasteiger partial charge in [-0.25, -0.2) is 0 Å². The summed E-state index contributed by atoms with van der Waals surface area (Å²) in [6.45, 7) is 4.07. The van der Waals surface area contributed by atoms with Gasteiger partial charge in [0.25, 0.3) is 0 Å². The molecule has 0 N–H and O–H groups in total. The minimum absolute atomic E-state index is 0.253. The quantitative estimate of drug-likeness (QED) is 0.419. The molecule has 0 radical (unpaired) electrons. The highest BCUT2D eigenvalue weighted by atomic mass is 16.6. The van der Waals surface area contributed by atoms with Gasteiger partial charge in [0.15, 0.2) is 0 Å². The lowest BCUT2D eigenvalue weighted by molar-refractivity contribution is -0.532. The van der Waals surface area contributed by atoms with Crippen molar-refractivity contribution in [2.75, 3.05) is 26.4 Å². The van der Waals surface area contributed by atoms with Gasteiger partial charge in [0.2, 0.25) is 6.04 Å². The normalized spacial score (nSPS) is 26.8. The van der Waals surface area contributed by atoms with Crippen molar-refractivity contribution in [3.05, 3.63) is 10.1 Å². The van der Waals surface area contributed by atoms with E-state index in [0.717, 1.165) is 6.54 Å². The summed E-state index contributed by atoms with van der Waals surface area (Å²) in [6.07, 6.45) is 0. The Morgan fingerprint density at radius 3 is 3.09 bits per heavy atom. The molecule has 11 heavy (non-hydrogen) atoms. The number of nitrogens with zero attached hydrogens (tertiary/aromatic N) is 2. The Morgan fingerprint density at radius 2 is 2.55 bits per heavy atom. The standard InChI is InChI=1S/C6H12N2O3/c1-2-7-3-6(8(9)10)4-11-5-7/h6H,2-5H2,1H3. The van der Waals surface area contributed by atoms with Crippen LogP contribution < -0.4 is 0 Å². The number of nitro groups is 1. The van der Waals surface area contributed by atoms with Crippen molar-refractivity contribution in [1.82, 2.24) is 4.90 Å². The summed E-state index contributed by atoms with van der Waals surface area (Å²) in [6, 6.07) is -0.538. The van der Waals surface area contributed by atoms with Gasteiger partial charge in [-0.1, -0.05) is 6.92 Å². The van der Waals surface area contributed by atoms with Gasteiger partial charge < -0.3 is 4.74 Å². The van der Waals surface area contributed by atoms with Gasteiger partial charge in [0, 0.05) is 4.92 Å². The predicted octanol–water partition coefficient (Wildman–Crippen LogP) is -0.0587. The lowest BCUT2D eigenvalue weighted by atomic mass is 10.3. The van der Waals surface area contributed by atoms with Crippen LogP contribution in [-0.2, 0) is 4.74 Å². The van der Waals surface area contributed by atoms with Gasteiger partial charge in [-0.2, -0.15) is 0 Å². The van der Waals surface area contributed by atoms with E-state index < -0.39 is 6.04 Å². The van der Waals surface area contributed by atoms with Crippen LogP contribution in [0, 0.1) is 10.1 Å². The van der Waals surface area contributed by atoms with E-state index in [1.165, 1.54) is 0 Å². The molecule has 1 fully saturated rings. The number of hydrogen-bond acceptors (Lipinski definition) is 4. The molecule has 1 aliphatic rings. The second-order valence-electron chi connectivity index (χ2n) is 2.61. The number of hydrogen-bond donors (Lipinski definition) is 0. The third kappa shape index (κ3) is 2.13. The van der Waals surface area contributed by atoms with Crippen LogP contribution in [0.3, 0.4) is 0 Å². The molecule has 5 nitrogen and oxygen atoms in total. The maximum Gasteiger partial charge on any atom is 0.248 e. The van der Waals surface area contributed by atoms with Gasteiger partial charge in [-0.15, -0.1) is 0 Å². The first-order valence-corrected chi connectivity index (χ1v) is 3.67. The predicted molar refractivity (Wildman–Crippen MR) is 38.8 cm³/mol. The molecule has 0 saturated carbocycles. The van der Waals surface area contributed by atoms with E-state index in [-0.39, 0.29) is 11.5 Å². The molecule has 5 heteroatoms. The van der Waals surface area contributed by atoms with Gasteiger partial charge >= 0.3 is 0 Å². The topological polar surface area (TPSA) is 55.6 Å². The van der Waals surface area contributed by atoms with Crippen molar-refractivity contribution >= 4 is 0 Å². The molecule has 1 unspecified atom stereocenters. The van der Waals surface area contributed by atoms with Crippen LogP contribution in [0.5, 0.6) is 0 Å². The van der Waals surface area contributed by atoms with Crippen LogP contribution in [-0.4, -0.2) is 42.3 Å². The lowest BCUT2D eigenvalue weighted by Gasteiger charge is -2.26. The smallest absolute Gasteiger partial charge is 0.248 e. The second kappa shape index (κ2) is 3.64. The van der Waals surface area contributed by atoms with Gasteiger partial charge in [-0.3, -0.25) is 15.0 Å². The Hall–Kier alpha value is -0.680.